The van der Waals surface area contributed by atoms with Crippen molar-refractivity contribution in [3.63, 3.8) is 0 Å². The summed E-state index contributed by atoms with van der Waals surface area (Å²) in [6, 6.07) is 0. The predicted octanol–water partition coefficient (Wildman–Crippen LogP) is 2.79. The number of hydrogen-bond acceptors (Lipinski definition) is 1. The van der Waals surface area contributed by atoms with Crippen molar-refractivity contribution in [1.82, 2.24) is 0 Å². The van der Waals surface area contributed by atoms with E-state index in [1.807, 2.05) is 0 Å². The van der Waals surface area contributed by atoms with Crippen molar-refractivity contribution >= 4 is 5.78 Å². The van der Waals surface area contributed by atoms with E-state index in [4.69, 9.17) is 0 Å². The quantitative estimate of drug-likeness (QED) is 0.608. The van der Waals surface area contributed by atoms with Crippen molar-refractivity contribution in [2.75, 3.05) is 0 Å². The smallest absolute Gasteiger partial charge is 0.136 e. The number of rotatable bonds is 4. The van der Waals surface area contributed by atoms with E-state index in [9.17, 15) is 4.79 Å². The molecule has 1 fully saturated rings. The van der Waals surface area contributed by atoms with Crippen LogP contribution in [0.4, 0.5) is 0 Å². The van der Waals surface area contributed by atoms with E-state index in [-0.39, 0.29) is 0 Å². The molecule has 0 heterocycles. The molecule has 1 heteroatoms. The minimum Gasteiger partial charge on any atom is -0.299 e. The van der Waals surface area contributed by atoms with Crippen LogP contribution in [0.3, 0.4) is 0 Å². The van der Waals surface area contributed by atoms with Gasteiger partial charge in [0.2, 0.25) is 0 Å². The zero-order valence-corrected chi connectivity index (χ0v) is 7.60. The number of hydrogen-bond donors (Lipinski definition) is 0. The molecule has 0 saturated heterocycles. The molecule has 11 heavy (non-hydrogen) atoms. The molecule has 1 aliphatic carbocycles. The molecule has 1 saturated carbocycles. The van der Waals surface area contributed by atoms with Crippen molar-refractivity contribution in [1.29, 1.82) is 0 Å². The van der Waals surface area contributed by atoms with Crippen LogP contribution in [-0.4, -0.2) is 5.78 Å². The molecule has 1 aliphatic rings. The molecule has 0 spiro atoms. The normalized spacial score (nSPS) is 20.9. The molecule has 0 aromatic carbocycles. The maximum absolute atomic E-state index is 11.4. The van der Waals surface area contributed by atoms with Crippen LogP contribution in [0.15, 0.2) is 0 Å². The lowest BCUT2D eigenvalue weighted by Gasteiger charge is -2.24. The summed E-state index contributed by atoms with van der Waals surface area (Å²) in [5.74, 6) is 1.57. The van der Waals surface area contributed by atoms with Crippen molar-refractivity contribution < 1.29 is 4.79 Å². The monoisotopic (exact) mass is 154 g/mol. The topological polar surface area (TPSA) is 17.1 Å². The summed E-state index contributed by atoms with van der Waals surface area (Å²) in [7, 11) is 0. The largest absolute Gasteiger partial charge is 0.299 e. The minimum atomic E-state index is 0.448. The molecule has 0 aromatic heterocycles. The summed E-state index contributed by atoms with van der Waals surface area (Å²) in [4.78, 5) is 11.4. The van der Waals surface area contributed by atoms with E-state index in [0.29, 0.717) is 17.6 Å². The maximum atomic E-state index is 11.4. The third-order valence-corrected chi connectivity index (χ3v) is 2.81. The van der Waals surface area contributed by atoms with Gasteiger partial charge in [-0.3, -0.25) is 4.79 Å². The molecule has 1 atom stereocenters. The van der Waals surface area contributed by atoms with Gasteiger partial charge in [-0.15, -0.1) is 0 Å². The Kier molecular flexibility index (Phi) is 3.10. The van der Waals surface area contributed by atoms with Gasteiger partial charge in [0, 0.05) is 12.3 Å². The van der Waals surface area contributed by atoms with E-state index < -0.39 is 0 Å². The lowest BCUT2D eigenvalue weighted by Crippen LogP contribution is -2.23. The van der Waals surface area contributed by atoms with Crippen LogP contribution >= 0.6 is 0 Å². The third kappa shape index (κ3) is 2.32. The Bertz CT molecular complexity index is 136. The van der Waals surface area contributed by atoms with Crippen molar-refractivity contribution in [2.24, 2.45) is 11.8 Å². The molecular weight excluding hydrogens is 136 g/mol. The summed E-state index contributed by atoms with van der Waals surface area (Å²) in [5.41, 5.74) is 0. The van der Waals surface area contributed by atoms with Crippen LogP contribution in [0.1, 0.15) is 46.0 Å². The average molecular weight is 154 g/mol. The van der Waals surface area contributed by atoms with Gasteiger partial charge in [0.05, 0.1) is 0 Å². The van der Waals surface area contributed by atoms with Gasteiger partial charge in [-0.1, -0.05) is 26.7 Å². The van der Waals surface area contributed by atoms with Gasteiger partial charge in [0.1, 0.15) is 5.78 Å². The number of Topliss-reactive ketones (excluding diaryl/α,β-unsaturated/α-hetero) is 1. The van der Waals surface area contributed by atoms with E-state index in [1.165, 1.54) is 6.42 Å². The first kappa shape index (κ1) is 8.76. The molecule has 0 radical (unpaired) electrons. The second-order valence-corrected chi connectivity index (χ2v) is 3.81. The molecule has 0 amide bonds. The molecule has 0 N–H and O–H groups in total. The highest BCUT2D eigenvalue weighted by Gasteiger charge is 2.25. The van der Waals surface area contributed by atoms with Gasteiger partial charge in [-0.05, 0) is 18.8 Å². The van der Waals surface area contributed by atoms with Gasteiger partial charge in [-0.2, -0.15) is 0 Å². The molecule has 0 aromatic rings. The Balaban J connectivity index is 2.19. The van der Waals surface area contributed by atoms with Crippen molar-refractivity contribution in [3.05, 3.63) is 0 Å². The predicted molar refractivity (Wildman–Crippen MR) is 46.4 cm³/mol. The van der Waals surface area contributed by atoms with Crippen LogP contribution in [0.2, 0.25) is 0 Å². The van der Waals surface area contributed by atoms with Crippen LogP contribution in [-0.2, 0) is 4.79 Å². The highest BCUT2D eigenvalue weighted by molar-refractivity contribution is 5.81. The highest BCUT2D eigenvalue weighted by atomic mass is 16.1. The van der Waals surface area contributed by atoms with Crippen LogP contribution < -0.4 is 0 Å². The molecule has 64 valence electrons. The summed E-state index contributed by atoms with van der Waals surface area (Å²) in [6.07, 6.45) is 5.56. The SMILES string of the molecule is CCC(C)CC(=O)C1CCC1. The number of ketones is 1. The fraction of sp³-hybridized carbons (Fsp3) is 0.900. The van der Waals surface area contributed by atoms with Crippen molar-refractivity contribution in [2.45, 2.75) is 46.0 Å². The van der Waals surface area contributed by atoms with E-state index in [0.717, 1.165) is 25.7 Å². The van der Waals surface area contributed by atoms with E-state index >= 15 is 0 Å². The van der Waals surface area contributed by atoms with Gasteiger partial charge < -0.3 is 0 Å². The molecule has 1 nitrogen and oxygen atoms in total. The van der Waals surface area contributed by atoms with Gasteiger partial charge >= 0.3 is 0 Å². The van der Waals surface area contributed by atoms with Gasteiger partial charge in [0.25, 0.3) is 0 Å². The van der Waals surface area contributed by atoms with Crippen LogP contribution in [0.25, 0.3) is 0 Å². The van der Waals surface area contributed by atoms with Crippen LogP contribution in [0, 0.1) is 11.8 Å². The standard InChI is InChI=1S/C10H18O/c1-3-8(2)7-10(11)9-5-4-6-9/h8-9H,3-7H2,1-2H3. The maximum Gasteiger partial charge on any atom is 0.136 e. The van der Waals surface area contributed by atoms with Gasteiger partial charge in [0.15, 0.2) is 0 Å². The zero-order valence-electron chi connectivity index (χ0n) is 7.60. The summed E-state index contributed by atoms with van der Waals surface area (Å²) >= 11 is 0. The first-order valence-electron chi connectivity index (χ1n) is 4.76. The Morgan fingerprint density at radius 3 is 2.55 bits per heavy atom. The lowest BCUT2D eigenvalue weighted by atomic mass is 9.79. The second kappa shape index (κ2) is 3.89. The number of carbonyl (C=O) groups excluding carboxylic acids is 1. The van der Waals surface area contributed by atoms with E-state index in [1.54, 1.807) is 0 Å². The summed E-state index contributed by atoms with van der Waals surface area (Å²) in [5, 5.41) is 0. The highest BCUT2D eigenvalue weighted by Crippen LogP contribution is 2.29. The first-order chi connectivity index (χ1) is 5.24. The molecule has 0 bridgehead atoms. The summed E-state index contributed by atoms with van der Waals surface area (Å²) < 4.78 is 0. The van der Waals surface area contributed by atoms with Gasteiger partial charge in [-0.25, -0.2) is 0 Å². The zero-order chi connectivity index (χ0) is 8.27. The molecular formula is C10H18O. The Morgan fingerprint density at radius 2 is 2.18 bits per heavy atom. The molecule has 1 rings (SSSR count). The second-order valence-electron chi connectivity index (χ2n) is 3.81. The fourth-order valence-electron chi connectivity index (χ4n) is 1.38. The average Bonchev–Trinajstić information content (AvgIpc) is 1.83. The Hall–Kier alpha value is -0.330. The van der Waals surface area contributed by atoms with Crippen molar-refractivity contribution in [3.8, 4) is 0 Å². The Labute approximate surface area is 69.2 Å². The fourth-order valence-corrected chi connectivity index (χ4v) is 1.38. The van der Waals surface area contributed by atoms with Crippen LogP contribution in [0.5, 0.6) is 0 Å². The lowest BCUT2D eigenvalue weighted by molar-refractivity contribution is -0.126. The minimum absolute atomic E-state index is 0.448. The Morgan fingerprint density at radius 1 is 1.55 bits per heavy atom. The molecule has 1 unspecified atom stereocenters. The third-order valence-electron chi connectivity index (χ3n) is 2.81. The first-order valence-corrected chi connectivity index (χ1v) is 4.76. The van der Waals surface area contributed by atoms with E-state index in [2.05, 4.69) is 13.8 Å². The summed E-state index contributed by atoms with van der Waals surface area (Å²) in [6.45, 7) is 4.31. The number of carbonyl (C=O) groups is 1. The molecule has 0 aliphatic heterocycles.